The number of methoxy groups -OCH3 is 1. The molecule has 4 heteroatoms. The molecule has 0 fully saturated rings. The molecule has 1 heterocycles. The summed E-state index contributed by atoms with van der Waals surface area (Å²) in [5, 5.41) is 3.39. The monoisotopic (exact) mass is 339 g/mol. The van der Waals surface area contributed by atoms with Crippen LogP contribution in [0.5, 0.6) is 5.75 Å². The Balaban J connectivity index is 2.53. The highest BCUT2D eigenvalue weighted by Gasteiger charge is 2.21. The molecule has 2 rings (SSSR count). The highest BCUT2D eigenvalue weighted by molar-refractivity contribution is 9.10. The van der Waals surface area contributed by atoms with Crippen molar-refractivity contribution in [1.29, 1.82) is 0 Å². The van der Waals surface area contributed by atoms with Gasteiger partial charge in [0.05, 0.1) is 13.2 Å². The van der Waals surface area contributed by atoms with Crippen LogP contribution >= 0.6 is 27.3 Å². The van der Waals surface area contributed by atoms with E-state index in [-0.39, 0.29) is 6.04 Å². The second kappa shape index (κ2) is 6.07. The molecule has 1 aromatic carbocycles. The van der Waals surface area contributed by atoms with Crippen LogP contribution in [0.4, 0.5) is 0 Å². The largest absolute Gasteiger partial charge is 0.496 e. The van der Waals surface area contributed by atoms with Crippen LogP contribution in [-0.4, -0.2) is 14.2 Å². The van der Waals surface area contributed by atoms with Gasteiger partial charge in [0.2, 0.25) is 0 Å². The predicted octanol–water partition coefficient (Wildman–Crippen LogP) is 4.44. The van der Waals surface area contributed by atoms with E-state index in [1.165, 1.54) is 20.9 Å². The van der Waals surface area contributed by atoms with Crippen LogP contribution in [0, 0.1) is 13.8 Å². The first-order valence-electron chi connectivity index (χ1n) is 6.14. The third kappa shape index (κ3) is 3.02. The van der Waals surface area contributed by atoms with E-state index in [4.69, 9.17) is 4.74 Å². The molecule has 102 valence electrons. The summed E-state index contributed by atoms with van der Waals surface area (Å²) in [6, 6.07) is 8.59. The third-order valence-corrected chi connectivity index (χ3v) is 5.12. The molecule has 19 heavy (non-hydrogen) atoms. The Morgan fingerprint density at radius 1 is 1.26 bits per heavy atom. The van der Waals surface area contributed by atoms with Crippen LogP contribution in [0.25, 0.3) is 0 Å². The van der Waals surface area contributed by atoms with E-state index in [0.717, 1.165) is 10.2 Å². The quantitative estimate of drug-likeness (QED) is 0.888. The molecular weight excluding hydrogens is 322 g/mol. The lowest BCUT2D eigenvalue weighted by Crippen LogP contribution is -2.18. The van der Waals surface area contributed by atoms with Gasteiger partial charge in [-0.1, -0.05) is 17.7 Å². The second-order valence-electron chi connectivity index (χ2n) is 4.54. The summed E-state index contributed by atoms with van der Waals surface area (Å²) in [6.45, 7) is 4.23. The normalized spacial score (nSPS) is 12.5. The van der Waals surface area contributed by atoms with Gasteiger partial charge < -0.3 is 10.1 Å². The number of benzene rings is 1. The van der Waals surface area contributed by atoms with Gasteiger partial charge in [-0.05, 0) is 49.0 Å². The van der Waals surface area contributed by atoms with Crippen molar-refractivity contribution in [3.8, 4) is 5.75 Å². The highest BCUT2D eigenvalue weighted by atomic mass is 79.9. The summed E-state index contributed by atoms with van der Waals surface area (Å²) in [7, 11) is 3.70. The Labute approximate surface area is 126 Å². The van der Waals surface area contributed by atoms with E-state index in [1.54, 1.807) is 18.4 Å². The molecule has 0 amide bonds. The Morgan fingerprint density at radius 3 is 2.53 bits per heavy atom. The number of hydrogen-bond donors (Lipinski definition) is 1. The molecule has 0 aliphatic rings. The Morgan fingerprint density at radius 2 is 2.00 bits per heavy atom. The van der Waals surface area contributed by atoms with Crippen LogP contribution < -0.4 is 10.1 Å². The first kappa shape index (κ1) is 14.6. The lowest BCUT2D eigenvalue weighted by molar-refractivity contribution is 0.405. The van der Waals surface area contributed by atoms with Crippen molar-refractivity contribution in [2.45, 2.75) is 19.9 Å². The maximum atomic E-state index is 5.50. The van der Waals surface area contributed by atoms with Gasteiger partial charge in [0.1, 0.15) is 5.75 Å². The van der Waals surface area contributed by atoms with Crippen LogP contribution in [0.15, 0.2) is 28.7 Å². The maximum Gasteiger partial charge on any atom is 0.124 e. The molecule has 0 bridgehead atoms. The molecule has 0 spiro atoms. The van der Waals surface area contributed by atoms with Gasteiger partial charge >= 0.3 is 0 Å². The number of rotatable bonds is 4. The second-order valence-corrected chi connectivity index (χ2v) is 6.68. The minimum Gasteiger partial charge on any atom is -0.496 e. The van der Waals surface area contributed by atoms with Gasteiger partial charge in [-0.2, -0.15) is 0 Å². The summed E-state index contributed by atoms with van der Waals surface area (Å²) >= 11 is 5.45. The zero-order valence-corrected chi connectivity index (χ0v) is 14.0. The van der Waals surface area contributed by atoms with Crippen molar-refractivity contribution in [2.24, 2.45) is 0 Å². The zero-order valence-electron chi connectivity index (χ0n) is 11.6. The SMILES string of the molecule is CNC(c1cc(C)ccc1OC)c1sc(C)cc1Br. The highest BCUT2D eigenvalue weighted by Crippen LogP contribution is 2.38. The number of aryl methyl sites for hydroxylation is 2. The number of halogens is 1. The summed E-state index contributed by atoms with van der Waals surface area (Å²) in [6.07, 6.45) is 0. The van der Waals surface area contributed by atoms with Crippen LogP contribution in [-0.2, 0) is 0 Å². The van der Waals surface area contributed by atoms with Gasteiger partial charge in [-0.25, -0.2) is 0 Å². The minimum atomic E-state index is 0.142. The molecule has 0 aliphatic carbocycles. The molecule has 2 nitrogen and oxygen atoms in total. The van der Waals surface area contributed by atoms with Crippen LogP contribution in [0.1, 0.15) is 26.9 Å². The summed E-state index contributed by atoms with van der Waals surface area (Å²) in [4.78, 5) is 2.58. The predicted molar refractivity (Wildman–Crippen MR) is 85.4 cm³/mol. The van der Waals surface area contributed by atoms with E-state index in [9.17, 15) is 0 Å². The lowest BCUT2D eigenvalue weighted by Gasteiger charge is -2.19. The maximum absolute atomic E-state index is 5.50. The third-order valence-electron chi connectivity index (χ3n) is 3.08. The van der Waals surface area contributed by atoms with Crippen molar-refractivity contribution < 1.29 is 4.74 Å². The zero-order chi connectivity index (χ0) is 14.0. The fourth-order valence-electron chi connectivity index (χ4n) is 2.21. The average Bonchev–Trinajstić information content (AvgIpc) is 2.70. The first-order chi connectivity index (χ1) is 9.06. The van der Waals surface area contributed by atoms with E-state index in [2.05, 4.69) is 53.3 Å². The molecule has 0 aliphatic heterocycles. The number of nitrogens with one attached hydrogen (secondary N) is 1. The van der Waals surface area contributed by atoms with Crippen LogP contribution in [0.2, 0.25) is 0 Å². The minimum absolute atomic E-state index is 0.142. The molecule has 1 N–H and O–H groups in total. The summed E-state index contributed by atoms with van der Waals surface area (Å²) in [5.74, 6) is 0.919. The number of ether oxygens (including phenoxy) is 1. The van der Waals surface area contributed by atoms with Gasteiger partial charge in [-0.15, -0.1) is 11.3 Å². The van der Waals surface area contributed by atoms with Crippen molar-refractivity contribution >= 4 is 27.3 Å². The van der Waals surface area contributed by atoms with Crippen molar-refractivity contribution in [1.82, 2.24) is 5.32 Å². The van der Waals surface area contributed by atoms with Crippen molar-refractivity contribution in [3.05, 3.63) is 49.6 Å². The molecule has 0 radical (unpaired) electrons. The lowest BCUT2D eigenvalue weighted by atomic mass is 10.0. The summed E-state index contributed by atoms with van der Waals surface area (Å²) in [5.41, 5.74) is 2.41. The molecule has 1 atom stereocenters. The van der Waals surface area contributed by atoms with Crippen molar-refractivity contribution in [3.63, 3.8) is 0 Å². The molecule has 0 saturated carbocycles. The Hall–Kier alpha value is -0.840. The van der Waals surface area contributed by atoms with Gasteiger partial charge in [0.25, 0.3) is 0 Å². The van der Waals surface area contributed by atoms with E-state index >= 15 is 0 Å². The Kier molecular flexibility index (Phi) is 4.66. The first-order valence-corrected chi connectivity index (χ1v) is 7.75. The molecular formula is C15H18BrNOS. The molecule has 1 unspecified atom stereocenters. The Bertz CT molecular complexity index is 580. The van der Waals surface area contributed by atoms with E-state index in [1.807, 2.05) is 13.1 Å². The fourth-order valence-corrected chi connectivity index (χ4v) is 4.21. The van der Waals surface area contributed by atoms with Gasteiger partial charge in [-0.3, -0.25) is 0 Å². The van der Waals surface area contributed by atoms with Crippen molar-refractivity contribution in [2.75, 3.05) is 14.2 Å². The molecule has 1 aromatic heterocycles. The van der Waals surface area contributed by atoms with E-state index < -0.39 is 0 Å². The topological polar surface area (TPSA) is 21.3 Å². The number of hydrogen-bond acceptors (Lipinski definition) is 3. The standard InChI is InChI=1S/C15H18BrNOS/c1-9-5-6-13(18-4)11(7-9)14(17-3)15-12(16)8-10(2)19-15/h5-8,14,17H,1-4H3. The number of thiophene rings is 1. The summed E-state index contributed by atoms with van der Waals surface area (Å²) < 4.78 is 6.65. The molecule has 2 aromatic rings. The average molecular weight is 340 g/mol. The van der Waals surface area contributed by atoms with E-state index in [0.29, 0.717) is 0 Å². The van der Waals surface area contributed by atoms with Gasteiger partial charge in [0.15, 0.2) is 0 Å². The fraction of sp³-hybridized carbons (Fsp3) is 0.333. The van der Waals surface area contributed by atoms with Gasteiger partial charge in [0, 0.05) is 19.8 Å². The smallest absolute Gasteiger partial charge is 0.124 e. The van der Waals surface area contributed by atoms with Crippen LogP contribution in [0.3, 0.4) is 0 Å². The molecule has 0 saturated heterocycles.